The van der Waals surface area contributed by atoms with Crippen molar-refractivity contribution in [3.8, 4) is 5.75 Å². The first-order chi connectivity index (χ1) is 12.2. The predicted octanol–water partition coefficient (Wildman–Crippen LogP) is 1.56. The molecule has 0 radical (unpaired) electrons. The second-order valence-electron chi connectivity index (χ2n) is 5.56. The van der Waals surface area contributed by atoms with Crippen molar-refractivity contribution in [2.45, 2.75) is 11.3 Å². The lowest BCUT2D eigenvalue weighted by molar-refractivity contribution is -0.116. The van der Waals surface area contributed by atoms with E-state index in [0.29, 0.717) is 15.7 Å². The van der Waals surface area contributed by atoms with Crippen LogP contribution >= 0.6 is 0 Å². The summed E-state index contributed by atoms with van der Waals surface area (Å²) < 4.78 is 57.0. The SMILES string of the molecule is COc1cccc(NS(=O)(=O)c2ccc(N3C(=O)CCS3(=O)=O)cc2)c1. The number of carbonyl (C=O) groups excluding carboxylic acids is 1. The number of hydrogen-bond donors (Lipinski definition) is 1. The minimum atomic E-state index is -3.88. The molecule has 0 atom stereocenters. The Hall–Kier alpha value is -2.59. The van der Waals surface area contributed by atoms with Gasteiger partial charge in [0.25, 0.3) is 10.0 Å². The van der Waals surface area contributed by atoms with Gasteiger partial charge in [-0.05, 0) is 36.4 Å². The summed E-state index contributed by atoms with van der Waals surface area (Å²) in [5, 5.41) is 0. The number of nitrogens with one attached hydrogen (secondary N) is 1. The minimum absolute atomic E-state index is 0.0619. The fourth-order valence-corrected chi connectivity index (χ4v) is 5.04. The number of sulfonamides is 2. The maximum atomic E-state index is 12.5. The van der Waals surface area contributed by atoms with E-state index in [9.17, 15) is 21.6 Å². The zero-order valence-electron chi connectivity index (χ0n) is 13.7. The maximum absolute atomic E-state index is 12.5. The Morgan fingerprint density at radius 3 is 2.38 bits per heavy atom. The minimum Gasteiger partial charge on any atom is -0.497 e. The third-order valence-electron chi connectivity index (χ3n) is 3.78. The molecule has 2 aromatic carbocycles. The smallest absolute Gasteiger partial charge is 0.261 e. The first kappa shape index (κ1) is 18.2. The number of ether oxygens (including phenoxy) is 1. The van der Waals surface area contributed by atoms with Gasteiger partial charge in [-0.3, -0.25) is 9.52 Å². The summed E-state index contributed by atoms with van der Waals surface area (Å²) in [6.07, 6.45) is -0.0836. The second-order valence-corrected chi connectivity index (χ2v) is 9.18. The molecule has 0 aliphatic carbocycles. The molecule has 0 saturated carbocycles. The Morgan fingerprint density at radius 1 is 1.12 bits per heavy atom. The van der Waals surface area contributed by atoms with E-state index in [4.69, 9.17) is 4.74 Å². The van der Waals surface area contributed by atoms with E-state index in [1.54, 1.807) is 18.2 Å². The molecule has 26 heavy (non-hydrogen) atoms. The first-order valence-corrected chi connectivity index (χ1v) is 10.6. The average Bonchev–Trinajstić information content (AvgIpc) is 2.87. The fourth-order valence-electron chi connectivity index (χ4n) is 2.53. The number of benzene rings is 2. The largest absolute Gasteiger partial charge is 0.497 e. The Labute approximate surface area is 151 Å². The van der Waals surface area contributed by atoms with Crippen LogP contribution in [0.2, 0.25) is 0 Å². The van der Waals surface area contributed by atoms with Gasteiger partial charge in [0, 0.05) is 12.5 Å². The van der Waals surface area contributed by atoms with E-state index in [-0.39, 0.29) is 22.8 Å². The zero-order valence-corrected chi connectivity index (χ0v) is 15.4. The lowest BCUT2D eigenvalue weighted by atomic mass is 10.3. The molecule has 2 aromatic rings. The molecule has 1 fully saturated rings. The van der Waals surface area contributed by atoms with Crippen LogP contribution in [0.1, 0.15) is 6.42 Å². The van der Waals surface area contributed by atoms with Gasteiger partial charge in [0.2, 0.25) is 15.9 Å². The van der Waals surface area contributed by atoms with Gasteiger partial charge < -0.3 is 4.74 Å². The Bertz CT molecular complexity index is 1050. The molecule has 1 saturated heterocycles. The van der Waals surface area contributed by atoms with Crippen LogP contribution in [-0.2, 0) is 24.8 Å². The monoisotopic (exact) mass is 396 g/mol. The number of nitrogens with zero attached hydrogens (tertiary/aromatic N) is 1. The van der Waals surface area contributed by atoms with Crippen LogP contribution < -0.4 is 13.8 Å². The molecule has 0 bridgehead atoms. The van der Waals surface area contributed by atoms with E-state index in [1.165, 1.54) is 37.4 Å². The van der Waals surface area contributed by atoms with Crippen molar-refractivity contribution in [3.63, 3.8) is 0 Å². The standard InChI is InChI=1S/C16H16N2O6S2/c1-24-14-4-2-3-12(11-14)17-26(22,23)15-7-5-13(6-8-15)18-16(19)9-10-25(18,20)21/h2-8,11,17H,9-10H2,1H3. The summed E-state index contributed by atoms with van der Waals surface area (Å²) in [6.45, 7) is 0. The van der Waals surface area contributed by atoms with Crippen LogP contribution in [0.25, 0.3) is 0 Å². The van der Waals surface area contributed by atoms with Crippen molar-refractivity contribution >= 4 is 37.3 Å². The van der Waals surface area contributed by atoms with Crippen molar-refractivity contribution in [1.82, 2.24) is 0 Å². The van der Waals surface area contributed by atoms with Crippen LogP contribution in [0.15, 0.2) is 53.4 Å². The molecule has 8 nitrogen and oxygen atoms in total. The van der Waals surface area contributed by atoms with E-state index in [2.05, 4.69) is 4.72 Å². The third kappa shape index (κ3) is 3.51. The van der Waals surface area contributed by atoms with Gasteiger partial charge >= 0.3 is 0 Å². The van der Waals surface area contributed by atoms with E-state index in [0.717, 1.165) is 0 Å². The second kappa shape index (κ2) is 6.61. The summed E-state index contributed by atoms with van der Waals surface area (Å²) in [6, 6.07) is 11.5. The highest BCUT2D eigenvalue weighted by Gasteiger charge is 2.36. The molecule has 1 N–H and O–H groups in total. The van der Waals surface area contributed by atoms with Gasteiger partial charge in [0.15, 0.2) is 0 Å². The average molecular weight is 396 g/mol. The Balaban J connectivity index is 1.86. The summed E-state index contributed by atoms with van der Waals surface area (Å²) in [4.78, 5) is 11.7. The van der Waals surface area contributed by atoms with E-state index >= 15 is 0 Å². The number of rotatable bonds is 5. The first-order valence-electron chi connectivity index (χ1n) is 7.56. The van der Waals surface area contributed by atoms with Crippen LogP contribution in [0, 0.1) is 0 Å². The maximum Gasteiger partial charge on any atom is 0.261 e. The molecule has 3 rings (SSSR count). The van der Waals surface area contributed by atoms with Crippen LogP contribution in [0.5, 0.6) is 5.75 Å². The quantitative estimate of drug-likeness (QED) is 0.821. The van der Waals surface area contributed by atoms with E-state index in [1.807, 2.05) is 0 Å². The third-order valence-corrected chi connectivity index (χ3v) is 6.87. The van der Waals surface area contributed by atoms with Crippen LogP contribution in [-0.4, -0.2) is 35.6 Å². The van der Waals surface area contributed by atoms with Crippen molar-refractivity contribution < 1.29 is 26.4 Å². The van der Waals surface area contributed by atoms with Crippen molar-refractivity contribution in [2.75, 3.05) is 21.9 Å². The molecule has 1 amide bonds. The van der Waals surface area contributed by atoms with Crippen LogP contribution in [0.4, 0.5) is 11.4 Å². The van der Waals surface area contributed by atoms with Crippen molar-refractivity contribution in [1.29, 1.82) is 0 Å². The summed E-state index contributed by atoms with van der Waals surface area (Å²) in [5.74, 6) is -0.281. The van der Waals surface area contributed by atoms with Gasteiger partial charge in [-0.1, -0.05) is 6.07 Å². The molecule has 1 heterocycles. The summed E-state index contributed by atoms with van der Waals surface area (Å²) in [5.41, 5.74) is 0.443. The number of carbonyl (C=O) groups is 1. The number of hydrogen-bond acceptors (Lipinski definition) is 6. The zero-order chi connectivity index (χ0) is 18.9. The topological polar surface area (TPSA) is 110 Å². The molecule has 1 aliphatic rings. The van der Waals surface area contributed by atoms with E-state index < -0.39 is 26.0 Å². The van der Waals surface area contributed by atoms with Gasteiger partial charge in [-0.15, -0.1) is 0 Å². The van der Waals surface area contributed by atoms with Gasteiger partial charge in [-0.2, -0.15) is 0 Å². The predicted molar refractivity (Wildman–Crippen MR) is 96.1 cm³/mol. The number of anilines is 2. The molecular weight excluding hydrogens is 380 g/mol. The molecule has 0 spiro atoms. The van der Waals surface area contributed by atoms with Gasteiger partial charge in [0.05, 0.1) is 29.1 Å². The molecule has 0 unspecified atom stereocenters. The van der Waals surface area contributed by atoms with Crippen molar-refractivity contribution in [2.24, 2.45) is 0 Å². The molecule has 138 valence electrons. The fraction of sp³-hybridized carbons (Fsp3) is 0.188. The summed E-state index contributed by atoms with van der Waals surface area (Å²) >= 11 is 0. The molecule has 10 heteroatoms. The lowest BCUT2D eigenvalue weighted by Crippen LogP contribution is -2.29. The van der Waals surface area contributed by atoms with Crippen molar-refractivity contribution in [3.05, 3.63) is 48.5 Å². The van der Waals surface area contributed by atoms with Gasteiger partial charge in [-0.25, -0.2) is 21.1 Å². The number of amides is 1. The highest BCUT2D eigenvalue weighted by atomic mass is 32.2. The molecular formula is C16H16N2O6S2. The van der Waals surface area contributed by atoms with Crippen LogP contribution in [0.3, 0.4) is 0 Å². The lowest BCUT2D eigenvalue weighted by Gasteiger charge is -2.15. The van der Waals surface area contributed by atoms with Gasteiger partial charge in [0.1, 0.15) is 5.75 Å². The highest BCUT2D eigenvalue weighted by molar-refractivity contribution is 7.94. The molecule has 1 aliphatic heterocycles. The Kier molecular flexibility index (Phi) is 4.63. The normalized spacial score (nSPS) is 16.5. The number of methoxy groups -OCH3 is 1. The summed E-state index contributed by atoms with van der Waals surface area (Å²) in [7, 11) is -6.10. The highest BCUT2D eigenvalue weighted by Crippen LogP contribution is 2.27. The Morgan fingerprint density at radius 2 is 1.81 bits per heavy atom. The molecule has 0 aromatic heterocycles.